The Labute approximate surface area is 173 Å². The fraction of sp³-hybridized carbons (Fsp3) is 0.304. The number of ether oxygens (including phenoxy) is 2. The van der Waals surface area contributed by atoms with E-state index in [2.05, 4.69) is 5.48 Å². The number of amides is 2. The molecule has 1 N–H and O–H groups in total. The van der Waals surface area contributed by atoms with Crippen molar-refractivity contribution in [3.05, 3.63) is 65.2 Å². The molecule has 6 rings (SSSR count). The first-order valence-electron chi connectivity index (χ1n) is 9.98. The van der Waals surface area contributed by atoms with Crippen LogP contribution in [-0.4, -0.2) is 37.2 Å². The molecular formula is C23H20N2O5. The molecule has 5 atom stereocenters. The summed E-state index contributed by atoms with van der Waals surface area (Å²) in [5, 5.41) is 0. The Bertz CT molecular complexity index is 1090. The summed E-state index contributed by atoms with van der Waals surface area (Å²) >= 11 is 0. The van der Waals surface area contributed by atoms with Crippen LogP contribution in [0.3, 0.4) is 0 Å². The van der Waals surface area contributed by atoms with Gasteiger partial charge in [0.25, 0.3) is 0 Å². The number of carbonyl (C=O) groups is 2. The van der Waals surface area contributed by atoms with Crippen LogP contribution in [0.1, 0.15) is 11.1 Å². The Kier molecular flexibility index (Phi) is 3.63. The van der Waals surface area contributed by atoms with Crippen molar-refractivity contribution in [1.82, 2.24) is 5.48 Å². The number of fused-ring (bicyclic) bond motifs is 8. The molecule has 0 saturated carbocycles. The van der Waals surface area contributed by atoms with Crippen molar-refractivity contribution in [2.75, 3.05) is 12.0 Å². The molecular weight excluding hydrogens is 384 g/mol. The highest BCUT2D eigenvalue weighted by atomic mass is 16.7. The van der Waals surface area contributed by atoms with Crippen LogP contribution in [0.2, 0.25) is 0 Å². The van der Waals surface area contributed by atoms with Gasteiger partial charge in [-0.05, 0) is 43.3 Å². The van der Waals surface area contributed by atoms with Crippen molar-refractivity contribution in [1.29, 1.82) is 0 Å². The van der Waals surface area contributed by atoms with Gasteiger partial charge in [-0.15, -0.1) is 0 Å². The normalized spacial score (nSPS) is 31.3. The van der Waals surface area contributed by atoms with Gasteiger partial charge >= 0.3 is 0 Å². The first-order valence-corrected chi connectivity index (χ1v) is 9.98. The molecule has 2 aromatic carbocycles. The molecule has 3 saturated heterocycles. The molecule has 0 unspecified atom stereocenters. The van der Waals surface area contributed by atoms with Crippen LogP contribution in [0.5, 0.6) is 5.75 Å². The molecule has 4 heterocycles. The second-order valence-electron chi connectivity index (χ2n) is 8.12. The molecule has 2 aromatic rings. The maximum atomic E-state index is 13.3. The monoisotopic (exact) mass is 404 g/mol. The summed E-state index contributed by atoms with van der Waals surface area (Å²) in [6, 6.07) is 15.1. The van der Waals surface area contributed by atoms with E-state index in [1.54, 1.807) is 7.11 Å². The van der Waals surface area contributed by atoms with Gasteiger partial charge in [-0.3, -0.25) is 19.9 Å². The Hall–Kier alpha value is -3.16. The molecule has 2 bridgehead atoms. The summed E-state index contributed by atoms with van der Waals surface area (Å²) in [5.41, 5.74) is 7.33. The van der Waals surface area contributed by atoms with Crippen LogP contribution in [-0.2, 0) is 19.2 Å². The average molecular weight is 404 g/mol. The molecule has 0 spiro atoms. The van der Waals surface area contributed by atoms with Crippen molar-refractivity contribution in [3.63, 3.8) is 0 Å². The van der Waals surface area contributed by atoms with Crippen molar-refractivity contribution >= 4 is 23.2 Å². The highest BCUT2D eigenvalue weighted by molar-refractivity contribution is 6.23. The van der Waals surface area contributed by atoms with Gasteiger partial charge in [-0.2, -0.15) is 0 Å². The number of rotatable bonds is 3. The summed E-state index contributed by atoms with van der Waals surface area (Å²) < 4.78 is 11.4. The van der Waals surface area contributed by atoms with Gasteiger partial charge in [0.1, 0.15) is 18.0 Å². The number of nitrogens with zero attached hydrogens (tertiary/aromatic N) is 1. The molecule has 7 nitrogen and oxygen atoms in total. The van der Waals surface area contributed by atoms with E-state index < -0.39 is 24.0 Å². The highest BCUT2D eigenvalue weighted by Crippen LogP contribution is 2.55. The Morgan fingerprint density at radius 3 is 2.33 bits per heavy atom. The summed E-state index contributed by atoms with van der Waals surface area (Å²) in [6.45, 7) is 1.97. The van der Waals surface area contributed by atoms with Gasteiger partial charge in [-0.1, -0.05) is 17.7 Å². The smallest absolute Gasteiger partial charge is 0.240 e. The maximum absolute atomic E-state index is 13.3. The minimum Gasteiger partial charge on any atom is -0.497 e. The lowest BCUT2D eigenvalue weighted by atomic mass is 9.76. The predicted molar refractivity (Wildman–Crippen MR) is 107 cm³/mol. The second-order valence-corrected chi connectivity index (χ2v) is 8.12. The van der Waals surface area contributed by atoms with Gasteiger partial charge in [0.05, 0.1) is 36.4 Å². The Morgan fingerprint density at radius 2 is 1.63 bits per heavy atom. The van der Waals surface area contributed by atoms with Gasteiger partial charge in [0, 0.05) is 11.1 Å². The predicted octanol–water partition coefficient (Wildman–Crippen LogP) is 2.20. The van der Waals surface area contributed by atoms with Crippen molar-refractivity contribution < 1.29 is 23.9 Å². The van der Waals surface area contributed by atoms with E-state index in [0.29, 0.717) is 5.69 Å². The topological polar surface area (TPSA) is 77.1 Å². The number of nitrogens with one attached hydrogen (secondary N) is 1. The average Bonchev–Trinajstić information content (AvgIpc) is 3.49. The minimum atomic E-state index is -0.521. The van der Waals surface area contributed by atoms with E-state index in [-0.39, 0.29) is 17.9 Å². The van der Waals surface area contributed by atoms with E-state index in [1.165, 1.54) is 4.90 Å². The molecule has 4 aliphatic rings. The quantitative estimate of drug-likeness (QED) is 0.791. The van der Waals surface area contributed by atoms with E-state index in [1.807, 2.05) is 55.5 Å². The number of carbonyl (C=O) groups excluding carboxylic acids is 2. The number of aryl methyl sites for hydroxylation is 1. The number of anilines is 1. The number of methoxy groups -OCH3 is 1. The van der Waals surface area contributed by atoms with E-state index in [4.69, 9.17) is 14.3 Å². The van der Waals surface area contributed by atoms with Crippen LogP contribution in [0, 0.1) is 18.8 Å². The van der Waals surface area contributed by atoms with E-state index in [0.717, 1.165) is 28.1 Å². The Balaban J connectivity index is 1.38. The molecule has 0 radical (unpaired) electrons. The third-order valence-electron chi connectivity index (χ3n) is 6.54. The van der Waals surface area contributed by atoms with Gasteiger partial charge in [0.15, 0.2) is 0 Å². The molecule has 30 heavy (non-hydrogen) atoms. The van der Waals surface area contributed by atoms with Crippen LogP contribution < -0.4 is 15.1 Å². The summed E-state index contributed by atoms with van der Waals surface area (Å²) in [6.07, 6.45) is -1.31. The zero-order valence-corrected chi connectivity index (χ0v) is 16.5. The Morgan fingerprint density at radius 1 is 0.933 bits per heavy atom. The summed E-state index contributed by atoms with van der Waals surface area (Å²) in [7, 11) is 1.62. The van der Waals surface area contributed by atoms with Crippen molar-refractivity contribution in [2.24, 2.45) is 11.8 Å². The van der Waals surface area contributed by atoms with Gasteiger partial charge < -0.3 is 9.47 Å². The first kappa shape index (κ1) is 17.7. The number of imide groups is 1. The van der Waals surface area contributed by atoms with E-state index in [9.17, 15) is 9.59 Å². The minimum absolute atomic E-state index is 0.201. The highest BCUT2D eigenvalue weighted by Gasteiger charge is 2.69. The third-order valence-corrected chi connectivity index (χ3v) is 6.54. The van der Waals surface area contributed by atoms with Gasteiger partial charge in [-0.25, -0.2) is 4.90 Å². The number of benzene rings is 2. The number of hydrogen-bond donors (Lipinski definition) is 1. The van der Waals surface area contributed by atoms with Crippen LogP contribution in [0.4, 0.5) is 5.69 Å². The standard InChI is InChI=1S/C23H20N2O5/c1-11-3-7-13(8-4-11)25-22(26)15-16(23(25)27)20-21-17(19(15)29-20)18(24-30-21)12-5-9-14(28-2)10-6-12/h3-10,15-16,19-21,24H,1-2H3/t15-,16+,19+,20-,21-/m0/s1. The molecule has 152 valence electrons. The SMILES string of the molecule is COc1ccc(C2=C3[C@H](ON2)[C@H]2O[C@@H]3[C@H]3C(=O)N(c4ccc(C)cc4)C(=O)[C@@H]23)cc1. The molecule has 0 aromatic heterocycles. The van der Waals surface area contributed by atoms with E-state index >= 15 is 0 Å². The van der Waals surface area contributed by atoms with Crippen LogP contribution in [0.25, 0.3) is 5.70 Å². The fourth-order valence-electron chi connectivity index (χ4n) is 5.11. The number of hydroxylamine groups is 1. The van der Waals surface area contributed by atoms with Crippen molar-refractivity contribution in [3.8, 4) is 5.75 Å². The lowest BCUT2D eigenvalue weighted by Gasteiger charge is -2.22. The lowest BCUT2D eigenvalue weighted by Crippen LogP contribution is -2.40. The lowest BCUT2D eigenvalue weighted by molar-refractivity contribution is -0.126. The van der Waals surface area contributed by atoms with Crippen LogP contribution in [0.15, 0.2) is 54.1 Å². The van der Waals surface area contributed by atoms with Gasteiger partial charge in [0.2, 0.25) is 11.8 Å². The molecule has 4 aliphatic heterocycles. The summed E-state index contributed by atoms with van der Waals surface area (Å²) in [4.78, 5) is 33.7. The molecule has 7 heteroatoms. The van der Waals surface area contributed by atoms with Crippen LogP contribution >= 0.6 is 0 Å². The van der Waals surface area contributed by atoms with Crippen molar-refractivity contribution in [2.45, 2.75) is 25.2 Å². The largest absolute Gasteiger partial charge is 0.497 e. The first-order chi connectivity index (χ1) is 14.6. The zero-order valence-electron chi connectivity index (χ0n) is 16.5. The summed E-state index contributed by atoms with van der Waals surface area (Å²) in [5.74, 6) is -0.689. The zero-order chi connectivity index (χ0) is 20.6. The second kappa shape index (κ2) is 6.17. The maximum Gasteiger partial charge on any atom is 0.240 e. The third kappa shape index (κ3) is 2.21. The molecule has 3 fully saturated rings. The molecule has 0 aliphatic carbocycles. The fourth-order valence-corrected chi connectivity index (χ4v) is 5.11. The molecule has 2 amide bonds. The number of hydrogen-bond acceptors (Lipinski definition) is 6.